The van der Waals surface area contributed by atoms with E-state index in [-0.39, 0.29) is 17.2 Å². The van der Waals surface area contributed by atoms with Crippen molar-refractivity contribution in [3.63, 3.8) is 0 Å². The van der Waals surface area contributed by atoms with Gasteiger partial charge in [0.25, 0.3) is 0 Å². The van der Waals surface area contributed by atoms with E-state index in [1.807, 2.05) is 0 Å². The van der Waals surface area contributed by atoms with E-state index in [9.17, 15) is 13.2 Å². The lowest BCUT2D eigenvalue weighted by molar-refractivity contribution is 0.0988. The molecule has 2 aromatic rings. The number of sulfonamides is 1. The first-order chi connectivity index (χ1) is 9.53. The van der Waals surface area contributed by atoms with Gasteiger partial charge in [-0.1, -0.05) is 24.2 Å². The molecule has 0 aliphatic carbocycles. The van der Waals surface area contributed by atoms with E-state index in [4.69, 9.17) is 4.52 Å². The number of rotatable bonds is 6. The third kappa shape index (κ3) is 3.31. The topological polar surface area (TPSA) is 89.3 Å². The van der Waals surface area contributed by atoms with Gasteiger partial charge in [-0.15, -0.1) is 0 Å². The lowest BCUT2D eigenvalue weighted by Crippen LogP contribution is -2.23. The van der Waals surface area contributed by atoms with Crippen molar-refractivity contribution in [3.05, 3.63) is 47.9 Å². The lowest BCUT2D eigenvalue weighted by atomic mass is 10.1. The average Bonchev–Trinajstić information content (AvgIpc) is 2.98. The van der Waals surface area contributed by atoms with Gasteiger partial charge in [-0.05, 0) is 12.1 Å². The minimum atomic E-state index is -3.69. The van der Waals surface area contributed by atoms with Crippen molar-refractivity contribution in [1.29, 1.82) is 0 Å². The number of aromatic nitrogens is 1. The number of hydrogen-bond acceptors (Lipinski definition) is 5. The van der Waals surface area contributed by atoms with Crippen LogP contribution in [0, 0.1) is 0 Å². The van der Waals surface area contributed by atoms with Gasteiger partial charge in [0.1, 0.15) is 0 Å². The zero-order valence-electron chi connectivity index (χ0n) is 10.9. The summed E-state index contributed by atoms with van der Waals surface area (Å²) in [6, 6.07) is 7.52. The summed E-state index contributed by atoms with van der Waals surface area (Å²) in [6.45, 7) is 1.74. The molecule has 1 aromatic carbocycles. The van der Waals surface area contributed by atoms with Crippen LogP contribution < -0.4 is 4.72 Å². The molecule has 7 heteroatoms. The number of Topliss-reactive ketones (excluding diaryl/α,β-unsaturated/α-hetero) is 1. The molecule has 0 saturated heterocycles. The number of hydrogen-bond donors (Lipinski definition) is 1. The monoisotopic (exact) mass is 294 g/mol. The Hall–Kier alpha value is -1.99. The van der Waals surface area contributed by atoms with Crippen molar-refractivity contribution in [3.8, 4) is 0 Å². The van der Waals surface area contributed by atoms with Crippen LogP contribution in [0.1, 0.15) is 29.5 Å². The molecule has 0 radical (unpaired) electrons. The third-order valence-corrected chi connectivity index (χ3v) is 4.11. The highest BCUT2D eigenvalue weighted by atomic mass is 32.2. The summed E-state index contributed by atoms with van der Waals surface area (Å²) in [5.41, 5.74) is 0.384. The van der Waals surface area contributed by atoms with E-state index in [0.717, 1.165) is 0 Å². The smallest absolute Gasteiger partial charge is 0.241 e. The van der Waals surface area contributed by atoms with Crippen LogP contribution in [0.15, 0.2) is 45.9 Å². The van der Waals surface area contributed by atoms with Crippen LogP contribution in [0.3, 0.4) is 0 Å². The molecule has 0 aliphatic heterocycles. The van der Waals surface area contributed by atoms with Crippen LogP contribution in [0.2, 0.25) is 0 Å². The maximum atomic E-state index is 12.1. The fourth-order valence-electron chi connectivity index (χ4n) is 1.62. The highest BCUT2D eigenvalue weighted by Gasteiger charge is 2.16. The Balaban J connectivity index is 2.18. The summed E-state index contributed by atoms with van der Waals surface area (Å²) in [5.74, 6) is 0.312. The zero-order valence-corrected chi connectivity index (χ0v) is 11.7. The van der Waals surface area contributed by atoms with Crippen LogP contribution >= 0.6 is 0 Å². The maximum Gasteiger partial charge on any atom is 0.241 e. The first-order valence-electron chi connectivity index (χ1n) is 6.05. The fourth-order valence-corrected chi connectivity index (χ4v) is 2.66. The van der Waals surface area contributed by atoms with Crippen LogP contribution in [0.25, 0.3) is 0 Å². The molecule has 0 spiro atoms. The second kappa shape index (κ2) is 5.98. The van der Waals surface area contributed by atoms with Gasteiger partial charge in [0.05, 0.1) is 17.6 Å². The van der Waals surface area contributed by atoms with Gasteiger partial charge < -0.3 is 4.52 Å². The molecule has 106 valence electrons. The number of benzene rings is 1. The van der Waals surface area contributed by atoms with Crippen molar-refractivity contribution in [2.45, 2.75) is 24.8 Å². The number of nitrogens with one attached hydrogen (secondary N) is 1. The maximum absolute atomic E-state index is 12.1. The van der Waals surface area contributed by atoms with Gasteiger partial charge in [0.2, 0.25) is 10.0 Å². The van der Waals surface area contributed by atoms with Crippen LogP contribution in [0.4, 0.5) is 0 Å². The normalized spacial score (nSPS) is 11.4. The van der Waals surface area contributed by atoms with Crippen molar-refractivity contribution in [1.82, 2.24) is 9.88 Å². The van der Waals surface area contributed by atoms with E-state index in [1.165, 1.54) is 18.3 Å². The number of ketones is 1. The number of carbonyl (C=O) groups excluding carboxylic acids is 1. The molecule has 0 unspecified atom stereocenters. The summed E-state index contributed by atoms with van der Waals surface area (Å²) in [5, 5.41) is 3.49. The fraction of sp³-hybridized carbons (Fsp3) is 0.231. The van der Waals surface area contributed by atoms with Crippen molar-refractivity contribution in [2.24, 2.45) is 0 Å². The molecule has 0 fully saturated rings. The SMILES string of the molecule is CCC(=O)c1cccc(S(=O)(=O)NCc2ccno2)c1. The molecule has 0 aliphatic rings. The Morgan fingerprint density at radius 2 is 2.15 bits per heavy atom. The summed E-state index contributed by atoms with van der Waals surface area (Å²) in [4.78, 5) is 11.7. The van der Waals surface area contributed by atoms with Gasteiger partial charge in [-0.25, -0.2) is 13.1 Å². The Bertz CT molecular complexity index is 693. The molecule has 0 amide bonds. The minimum absolute atomic E-state index is 0.00822. The Kier molecular flexibility index (Phi) is 4.31. The molecule has 1 aromatic heterocycles. The standard InChI is InChI=1S/C13H14N2O4S/c1-2-13(16)10-4-3-5-12(8-10)20(17,18)15-9-11-6-7-14-19-11/h3-8,15H,2,9H2,1H3. The van der Waals surface area contributed by atoms with E-state index in [2.05, 4.69) is 9.88 Å². The van der Waals surface area contributed by atoms with E-state index in [0.29, 0.717) is 17.7 Å². The molecule has 0 atom stereocenters. The zero-order chi connectivity index (χ0) is 14.6. The quantitative estimate of drug-likeness (QED) is 0.820. The molecule has 0 saturated carbocycles. The molecule has 0 bridgehead atoms. The molecule has 1 N–H and O–H groups in total. The summed E-state index contributed by atoms with van der Waals surface area (Å²) < 4.78 is 31.4. The second-order valence-electron chi connectivity index (χ2n) is 4.11. The minimum Gasteiger partial charge on any atom is -0.360 e. The van der Waals surface area contributed by atoms with E-state index in [1.54, 1.807) is 25.1 Å². The Labute approximate surface area is 116 Å². The van der Waals surface area contributed by atoms with Gasteiger partial charge in [-0.2, -0.15) is 0 Å². The molecular weight excluding hydrogens is 280 g/mol. The predicted octanol–water partition coefficient (Wildman–Crippen LogP) is 1.75. The number of carbonyl (C=O) groups is 1. The van der Waals surface area contributed by atoms with Gasteiger partial charge in [0, 0.05) is 18.1 Å². The average molecular weight is 294 g/mol. The van der Waals surface area contributed by atoms with Crippen LogP contribution in [-0.4, -0.2) is 19.4 Å². The first-order valence-corrected chi connectivity index (χ1v) is 7.53. The largest absolute Gasteiger partial charge is 0.360 e. The molecule has 20 heavy (non-hydrogen) atoms. The summed E-state index contributed by atoms with van der Waals surface area (Å²) in [7, 11) is -3.69. The molecular formula is C13H14N2O4S. The summed E-state index contributed by atoms with van der Waals surface area (Å²) >= 11 is 0. The molecule has 1 heterocycles. The van der Waals surface area contributed by atoms with Crippen molar-refractivity contribution >= 4 is 15.8 Å². The van der Waals surface area contributed by atoms with Gasteiger partial charge in [0.15, 0.2) is 11.5 Å². The summed E-state index contributed by atoms with van der Waals surface area (Å²) in [6.07, 6.45) is 1.76. The second-order valence-corrected chi connectivity index (χ2v) is 5.87. The van der Waals surface area contributed by atoms with Crippen LogP contribution in [0.5, 0.6) is 0 Å². The van der Waals surface area contributed by atoms with Gasteiger partial charge in [-0.3, -0.25) is 4.79 Å². The first kappa shape index (κ1) is 14.4. The molecule has 6 nitrogen and oxygen atoms in total. The Morgan fingerprint density at radius 3 is 2.80 bits per heavy atom. The predicted molar refractivity (Wildman–Crippen MR) is 71.6 cm³/mol. The van der Waals surface area contributed by atoms with Gasteiger partial charge >= 0.3 is 0 Å². The Morgan fingerprint density at radius 1 is 1.35 bits per heavy atom. The lowest BCUT2D eigenvalue weighted by Gasteiger charge is -2.06. The van der Waals surface area contributed by atoms with E-state index < -0.39 is 10.0 Å². The highest BCUT2D eigenvalue weighted by Crippen LogP contribution is 2.13. The van der Waals surface area contributed by atoms with Crippen LogP contribution in [-0.2, 0) is 16.6 Å². The molecule has 2 rings (SSSR count). The third-order valence-electron chi connectivity index (χ3n) is 2.72. The highest BCUT2D eigenvalue weighted by molar-refractivity contribution is 7.89. The van der Waals surface area contributed by atoms with Crippen molar-refractivity contribution < 1.29 is 17.7 Å². The number of nitrogens with zero attached hydrogens (tertiary/aromatic N) is 1. The van der Waals surface area contributed by atoms with Crippen molar-refractivity contribution in [2.75, 3.05) is 0 Å². The van der Waals surface area contributed by atoms with E-state index >= 15 is 0 Å².